The molecule has 132 valence electrons. The van der Waals surface area contributed by atoms with Crippen LogP contribution in [0.3, 0.4) is 0 Å². The van der Waals surface area contributed by atoms with E-state index in [2.05, 4.69) is 22.0 Å². The molecule has 1 fully saturated rings. The number of benzene rings is 2. The third kappa shape index (κ3) is 4.14. The average Bonchev–Trinajstić information content (AvgIpc) is 2.62. The quantitative estimate of drug-likeness (QED) is 0.896. The number of amides is 1. The number of piperazine rings is 1. The second kappa shape index (κ2) is 7.89. The number of nitrogens with zero attached hydrogens (tertiary/aromatic N) is 2. The third-order valence-corrected chi connectivity index (χ3v) is 4.96. The van der Waals surface area contributed by atoms with Gasteiger partial charge in [-0.15, -0.1) is 0 Å². The number of carbonyl (C=O) groups excluding carboxylic acids is 1. The Balaban J connectivity index is 1.82. The summed E-state index contributed by atoms with van der Waals surface area (Å²) in [5, 5.41) is 3.71. The monoisotopic (exact) mass is 357 g/mol. The van der Waals surface area contributed by atoms with Crippen LogP contribution >= 0.6 is 11.6 Å². The molecule has 1 aliphatic rings. The lowest BCUT2D eigenvalue weighted by Crippen LogP contribution is -2.46. The molecule has 1 N–H and O–H groups in total. The first kappa shape index (κ1) is 17.8. The van der Waals surface area contributed by atoms with Gasteiger partial charge in [-0.1, -0.05) is 42.3 Å². The van der Waals surface area contributed by atoms with Crippen molar-refractivity contribution in [2.24, 2.45) is 0 Å². The van der Waals surface area contributed by atoms with Crippen molar-refractivity contribution in [1.29, 1.82) is 0 Å². The lowest BCUT2D eigenvalue weighted by Gasteiger charge is -2.36. The SMILES string of the molecule is CCN1CCN(c2c(Cl)cccc2NC(=O)c2cccc(C)c2)CC1. The van der Waals surface area contributed by atoms with Crippen molar-refractivity contribution in [3.05, 3.63) is 58.6 Å². The Morgan fingerprint density at radius 1 is 1.12 bits per heavy atom. The molecule has 25 heavy (non-hydrogen) atoms. The van der Waals surface area contributed by atoms with Gasteiger partial charge >= 0.3 is 0 Å². The minimum absolute atomic E-state index is 0.112. The van der Waals surface area contributed by atoms with Gasteiger partial charge in [0.25, 0.3) is 5.91 Å². The fourth-order valence-electron chi connectivity index (χ4n) is 3.21. The van der Waals surface area contributed by atoms with Gasteiger partial charge in [0, 0.05) is 31.7 Å². The molecular weight excluding hydrogens is 334 g/mol. The Labute approximate surface area is 154 Å². The maximum absolute atomic E-state index is 12.6. The zero-order chi connectivity index (χ0) is 17.8. The first-order valence-corrected chi connectivity index (χ1v) is 9.10. The zero-order valence-corrected chi connectivity index (χ0v) is 15.5. The van der Waals surface area contributed by atoms with Gasteiger partial charge < -0.3 is 15.1 Å². The number of rotatable bonds is 4. The van der Waals surface area contributed by atoms with Crippen LogP contribution in [-0.2, 0) is 0 Å². The molecule has 0 saturated carbocycles. The van der Waals surface area contributed by atoms with Crippen LogP contribution in [0.2, 0.25) is 5.02 Å². The highest BCUT2D eigenvalue weighted by Crippen LogP contribution is 2.34. The number of aryl methyl sites for hydroxylation is 1. The van der Waals surface area contributed by atoms with E-state index in [1.807, 2.05) is 49.4 Å². The van der Waals surface area contributed by atoms with E-state index in [4.69, 9.17) is 11.6 Å². The first-order valence-electron chi connectivity index (χ1n) is 8.72. The number of nitrogens with one attached hydrogen (secondary N) is 1. The van der Waals surface area contributed by atoms with Crippen LogP contribution in [0.4, 0.5) is 11.4 Å². The summed E-state index contributed by atoms with van der Waals surface area (Å²) in [6.07, 6.45) is 0. The number of halogens is 1. The van der Waals surface area contributed by atoms with Crippen LogP contribution in [0.1, 0.15) is 22.8 Å². The van der Waals surface area contributed by atoms with E-state index in [1.54, 1.807) is 0 Å². The molecule has 5 heteroatoms. The number of para-hydroxylation sites is 1. The fraction of sp³-hybridized carbons (Fsp3) is 0.350. The van der Waals surface area contributed by atoms with Crippen molar-refractivity contribution in [1.82, 2.24) is 4.90 Å². The summed E-state index contributed by atoms with van der Waals surface area (Å²) in [4.78, 5) is 17.3. The summed E-state index contributed by atoms with van der Waals surface area (Å²) in [7, 11) is 0. The molecule has 4 nitrogen and oxygen atoms in total. The van der Waals surface area contributed by atoms with Crippen molar-refractivity contribution in [2.45, 2.75) is 13.8 Å². The molecule has 0 atom stereocenters. The van der Waals surface area contributed by atoms with Crippen molar-refractivity contribution in [3.8, 4) is 0 Å². The summed E-state index contributed by atoms with van der Waals surface area (Å²) in [6.45, 7) is 9.05. The van der Waals surface area contributed by atoms with Crippen molar-refractivity contribution < 1.29 is 4.79 Å². The van der Waals surface area contributed by atoms with Gasteiger partial charge in [0.1, 0.15) is 0 Å². The molecular formula is C20H24ClN3O. The standard InChI is InChI=1S/C20H24ClN3O/c1-3-23-10-12-24(13-11-23)19-17(21)8-5-9-18(19)22-20(25)16-7-4-6-15(2)14-16/h4-9,14H,3,10-13H2,1-2H3,(H,22,25). The van der Waals surface area contributed by atoms with Gasteiger partial charge in [-0.25, -0.2) is 0 Å². The van der Waals surface area contributed by atoms with Crippen LogP contribution in [-0.4, -0.2) is 43.5 Å². The summed E-state index contributed by atoms with van der Waals surface area (Å²) in [5.74, 6) is -0.112. The largest absolute Gasteiger partial charge is 0.366 e. The smallest absolute Gasteiger partial charge is 0.255 e. The highest BCUT2D eigenvalue weighted by atomic mass is 35.5. The highest BCUT2D eigenvalue weighted by Gasteiger charge is 2.21. The van der Waals surface area contributed by atoms with Crippen molar-refractivity contribution in [2.75, 3.05) is 42.9 Å². The molecule has 0 aliphatic carbocycles. The van der Waals surface area contributed by atoms with Crippen LogP contribution in [0.25, 0.3) is 0 Å². The Bertz CT molecular complexity index is 754. The Morgan fingerprint density at radius 2 is 1.84 bits per heavy atom. The lowest BCUT2D eigenvalue weighted by molar-refractivity contribution is 0.102. The number of hydrogen-bond donors (Lipinski definition) is 1. The van der Waals surface area contributed by atoms with Gasteiger partial charge in [0.2, 0.25) is 0 Å². The maximum Gasteiger partial charge on any atom is 0.255 e. The van der Waals surface area contributed by atoms with Crippen LogP contribution in [0.5, 0.6) is 0 Å². The highest BCUT2D eigenvalue weighted by molar-refractivity contribution is 6.34. The Morgan fingerprint density at radius 3 is 2.52 bits per heavy atom. The summed E-state index contributed by atoms with van der Waals surface area (Å²) >= 11 is 6.48. The Kier molecular flexibility index (Phi) is 5.61. The van der Waals surface area contributed by atoms with Crippen LogP contribution < -0.4 is 10.2 Å². The molecule has 0 spiro atoms. The molecule has 0 aromatic heterocycles. The molecule has 0 radical (unpaired) electrons. The summed E-state index contributed by atoms with van der Waals surface area (Å²) in [5.41, 5.74) is 3.40. The van der Waals surface area contributed by atoms with Gasteiger partial charge in [0.15, 0.2) is 0 Å². The van der Waals surface area contributed by atoms with Crippen molar-refractivity contribution >= 4 is 28.9 Å². The van der Waals surface area contributed by atoms with E-state index in [9.17, 15) is 4.79 Å². The number of hydrogen-bond acceptors (Lipinski definition) is 3. The number of carbonyl (C=O) groups is 1. The normalized spacial score (nSPS) is 15.2. The molecule has 1 amide bonds. The van der Waals surface area contributed by atoms with E-state index in [-0.39, 0.29) is 5.91 Å². The van der Waals surface area contributed by atoms with Gasteiger partial charge in [0.05, 0.1) is 16.4 Å². The second-order valence-corrected chi connectivity index (χ2v) is 6.79. The van der Waals surface area contributed by atoms with Gasteiger partial charge in [-0.2, -0.15) is 0 Å². The molecule has 1 saturated heterocycles. The first-order chi connectivity index (χ1) is 12.1. The van der Waals surface area contributed by atoms with Crippen LogP contribution in [0, 0.1) is 6.92 Å². The molecule has 0 unspecified atom stereocenters. The molecule has 1 heterocycles. The lowest BCUT2D eigenvalue weighted by atomic mass is 10.1. The second-order valence-electron chi connectivity index (χ2n) is 6.38. The minimum Gasteiger partial charge on any atom is -0.366 e. The molecule has 1 aliphatic heterocycles. The van der Waals surface area contributed by atoms with E-state index in [1.165, 1.54) is 0 Å². The van der Waals surface area contributed by atoms with E-state index < -0.39 is 0 Å². The molecule has 3 rings (SSSR count). The van der Waals surface area contributed by atoms with E-state index >= 15 is 0 Å². The fourth-order valence-corrected chi connectivity index (χ4v) is 3.50. The van der Waals surface area contributed by atoms with E-state index in [0.29, 0.717) is 10.6 Å². The predicted octanol–water partition coefficient (Wildman–Crippen LogP) is 4.04. The predicted molar refractivity (Wildman–Crippen MR) is 105 cm³/mol. The zero-order valence-electron chi connectivity index (χ0n) is 14.8. The van der Waals surface area contributed by atoms with Crippen molar-refractivity contribution in [3.63, 3.8) is 0 Å². The van der Waals surface area contributed by atoms with Gasteiger partial charge in [-0.05, 0) is 37.7 Å². The minimum atomic E-state index is -0.112. The average molecular weight is 358 g/mol. The van der Waals surface area contributed by atoms with Gasteiger partial charge in [-0.3, -0.25) is 4.79 Å². The summed E-state index contributed by atoms with van der Waals surface area (Å²) < 4.78 is 0. The van der Waals surface area contributed by atoms with E-state index in [0.717, 1.165) is 49.7 Å². The third-order valence-electron chi connectivity index (χ3n) is 4.65. The topological polar surface area (TPSA) is 35.6 Å². The maximum atomic E-state index is 12.6. The number of anilines is 2. The summed E-state index contributed by atoms with van der Waals surface area (Å²) in [6, 6.07) is 13.3. The number of likely N-dealkylation sites (N-methyl/N-ethyl adjacent to an activating group) is 1. The Hall–Kier alpha value is -2.04. The molecule has 2 aromatic rings. The molecule has 2 aromatic carbocycles. The molecule has 0 bridgehead atoms. The van der Waals surface area contributed by atoms with Crippen LogP contribution in [0.15, 0.2) is 42.5 Å².